The first-order valence-electron chi connectivity index (χ1n) is 9.36. The molecule has 1 heterocycles. The number of amides is 1. The summed E-state index contributed by atoms with van der Waals surface area (Å²) in [4.78, 5) is 11.8. The first kappa shape index (κ1) is 22.1. The van der Waals surface area contributed by atoms with Crippen LogP contribution in [0.5, 0.6) is 0 Å². The van der Waals surface area contributed by atoms with E-state index in [4.69, 9.17) is 9.47 Å². The molecular weight excluding hydrogens is 418 g/mol. The summed E-state index contributed by atoms with van der Waals surface area (Å²) in [6, 6.07) is 8.19. The molecule has 1 fully saturated rings. The number of carbonyl (C=O) groups is 1. The van der Waals surface area contributed by atoms with E-state index in [0.29, 0.717) is 25.0 Å². The molecule has 2 aromatic carbocycles. The Balaban J connectivity index is 1.56. The molecule has 1 aliphatic heterocycles. The molecule has 2 N–H and O–H groups in total. The molecule has 0 aromatic heterocycles. The SMILES string of the molecule is CC(OCC1CCCO1)C(=O)Nc1ccc(NS(=O)(=O)c2ccc(F)c(F)c2)cc1. The van der Waals surface area contributed by atoms with Crippen molar-refractivity contribution < 1.29 is 31.5 Å². The molecule has 0 aliphatic carbocycles. The van der Waals surface area contributed by atoms with Crippen molar-refractivity contribution in [3.8, 4) is 0 Å². The average Bonchev–Trinajstić information content (AvgIpc) is 3.23. The molecule has 1 aliphatic rings. The number of halogens is 2. The number of carbonyl (C=O) groups excluding carboxylic acids is 1. The molecule has 1 amide bonds. The molecule has 7 nitrogen and oxygen atoms in total. The van der Waals surface area contributed by atoms with E-state index in [1.807, 2.05) is 0 Å². The van der Waals surface area contributed by atoms with Crippen LogP contribution in [-0.2, 0) is 24.3 Å². The van der Waals surface area contributed by atoms with Crippen LogP contribution in [-0.4, -0.2) is 39.7 Å². The van der Waals surface area contributed by atoms with Gasteiger partial charge in [-0.3, -0.25) is 9.52 Å². The summed E-state index contributed by atoms with van der Waals surface area (Å²) in [5.74, 6) is -2.74. The van der Waals surface area contributed by atoms with Gasteiger partial charge in [-0.2, -0.15) is 0 Å². The highest BCUT2D eigenvalue weighted by Crippen LogP contribution is 2.20. The molecule has 0 saturated carbocycles. The topological polar surface area (TPSA) is 93.7 Å². The highest BCUT2D eigenvalue weighted by molar-refractivity contribution is 7.92. The van der Waals surface area contributed by atoms with Crippen molar-refractivity contribution in [3.63, 3.8) is 0 Å². The van der Waals surface area contributed by atoms with Gasteiger partial charge in [0.1, 0.15) is 6.10 Å². The van der Waals surface area contributed by atoms with Crippen LogP contribution in [0.2, 0.25) is 0 Å². The van der Waals surface area contributed by atoms with E-state index in [1.165, 1.54) is 24.3 Å². The summed E-state index contributed by atoms with van der Waals surface area (Å²) in [6.45, 7) is 2.69. The smallest absolute Gasteiger partial charge is 0.261 e. The number of hydrogen-bond acceptors (Lipinski definition) is 5. The Kier molecular flexibility index (Phi) is 7.01. The number of anilines is 2. The van der Waals surface area contributed by atoms with E-state index in [2.05, 4.69) is 10.0 Å². The van der Waals surface area contributed by atoms with E-state index in [9.17, 15) is 22.0 Å². The quantitative estimate of drug-likeness (QED) is 0.657. The van der Waals surface area contributed by atoms with Crippen LogP contribution < -0.4 is 10.0 Å². The van der Waals surface area contributed by atoms with Crippen LogP contribution in [0.4, 0.5) is 20.2 Å². The molecule has 3 rings (SSSR count). The Bertz CT molecular complexity index is 993. The fourth-order valence-corrected chi connectivity index (χ4v) is 3.90. The van der Waals surface area contributed by atoms with Gasteiger partial charge in [0.2, 0.25) is 0 Å². The zero-order chi connectivity index (χ0) is 21.7. The van der Waals surface area contributed by atoms with E-state index < -0.39 is 32.7 Å². The van der Waals surface area contributed by atoms with Gasteiger partial charge in [0.25, 0.3) is 15.9 Å². The highest BCUT2D eigenvalue weighted by atomic mass is 32.2. The van der Waals surface area contributed by atoms with Crippen LogP contribution in [0.1, 0.15) is 19.8 Å². The third kappa shape index (κ3) is 5.74. The lowest BCUT2D eigenvalue weighted by molar-refractivity contribution is -0.128. The summed E-state index contributed by atoms with van der Waals surface area (Å²) in [6.07, 6.45) is 1.24. The van der Waals surface area contributed by atoms with Crippen molar-refractivity contribution in [2.24, 2.45) is 0 Å². The maximum atomic E-state index is 13.3. The Morgan fingerprint density at radius 1 is 1.17 bits per heavy atom. The first-order chi connectivity index (χ1) is 14.2. The second-order valence-electron chi connectivity index (χ2n) is 6.86. The predicted molar refractivity (Wildman–Crippen MR) is 107 cm³/mol. The lowest BCUT2D eigenvalue weighted by Gasteiger charge is -2.16. The van der Waals surface area contributed by atoms with Gasteiger partial charge in [-0.05, 0) is 62.2 Å². The summed E-state index contributed by atoms with van der Waals surface area (Å²) >= 11 is 0. The Morgan fingerprint density at radius 3 is 2.50 bits per heavy atom. The van der Waals surface area contributed by atoms with Gasteiger partial charge in [-0.25, -0.2) is 17.2 Å². The van der Waals surface area contributed by atoms with Crippen LogP contribution in [0.25, 0.3) is 0 Å². The number of hydrogen-bond donors (Lipinski definition) is 2. The highest BCUT2D eigenvalue weighted by Gasteiger charge is 2.20. The van der Waals surface area contributed by atoms with Crippen LogP contribution in [0, 0.1) is 11.6 Å². The fourth-order valence-electron chi connectivity index (χ4n) is 2.83. The van der Waals surface area contributed by atoms with E-state index in [-0.39, 0.29) is 17.7 Å². The van der Waals surface area contributed by atoms with Crippen LogP contribution in [0.3, 0.4) is 0 Å². The van der Waals surface area contributed by atoms with Crippen LogP contribution in [0.15, 0.2) is 47.4 Å². The molecule has 2 unspecified atom stereocenters. The summed E-state index contributed by atoms with van der Waals surface area (Å²) in [5, 5.41) is 2.68. The lowest BCUT2D eigenvalue weighted by atomic mass is 10.2. The van der Waals surface area contributed by atoms with Gasteiger partial charge in [0.05, 0.1) is 17.6 Å². The zero-order valence-electron chi connectivity index (χ0n) is 16.2. The second-order valence-corrected chi connectivity index (χ2v) is 8.54. The molecular formula is C20H22F2N2O5S. The summed E-state index contributed by atoms with van der Waals surface area (Å²) < 4.78 is 64.2. The minimum atomic E-state index is -4.09. The maximum absolute atomic E-state index is 13.3. The normalized spacial score (nSPS) is 17.5. The van der Waals surface area contributed by atoms with E-state index in [0.717, 1.165) is 25.0 Å². The van der Waals surface area contributed by atoms with Crippen molar-refractivity contribution in [2.45, 2.75) is 36.9 Å². The Labute approximate surface area is 173 Å². The van der Waals surface area contributed by atoms with Gasteiger partial charge in [-0.15, -0.1) is 0 Å². The van der Waals surface area contributed by atoms with Gasteiger partial charge < -0.3 is 14.8 Å². The van der Waals surface area contributed by atoms with Crippen molar-refractivity contribution in [2.75, 3.05) is 23.3 Å². The van der Waals surface area contributed by atoms with Crippen molar-refractivity contribution in [1.82, 2.24) is 0 Å². The molecule has 2 atom stereocenters. The molecule has 30 heavy (non-hydrogen) atoms. The number of rotatable bonds is 8. The number of benzene rings is 2. The molecule has 0 radical (unpaired) electrons. The Morgan fingerprint density at radius 2 is 1.87 bits per heavy atom. The van der Waals surface area contributed by atoms with Crippen molar-refractivity contribution >= 4 is 27.3 Å². The van der Waals surface area contributed by atoms with E-state index in [1.54, 1.807) is 6.92 Å². The summed E-state index contributed by atoms with van der Waals surface area (Å²) in [7, 11) is -4.09. The predicted octanol–water partition coefficient (Wildman–Crippen LogP) is 3.29. The number of nitrogens with one attached hydrogen (secondary N) is 2. The first-order valence-corrected chi connectivity index (χ1v) is 10.8. The standard InChI is InChI=1S/C20H22F2N2O5S/c1-13(29-12-16-3-2-10-28-16)20(25)23-14-4-6-15(7-5-14)24-30(26,27)17-8-9-18(21)19(22)11-17/h4-9,11,13,16,24H,2-3,10,12H2,1H3,(H,23,25). The van der Waals surface area contributed by atoms with Crippen molar-refractivity contribution in [1.29, 1.82) is 0 Å². The van der Waals surface area contributed by atoms with Gasteiger partial charge in [0.15, 0.2) is 11.6 Å². The van der Waals surface area contributed by atoms with Gasteiger partial charge in [-0.1, -0.05) is 0 Å². The van der Waals surface area contributed by atoms with Crippen molar-refractivity contribution in [3.05, 3.63) is 54.1 Å². The number of ether oxygens (including phenoxy) is 2. The lowest BCUT2D eigenvalue weighted by Crippen LogP contribution is -2.30. The maximum Gasteiger partial charge on any atom is 0.261 e. The van der Waals surface area contributed by atoms with Gasteiger partial charge >= 0.3 is 0 Å². The largest absolute Gasteiger partial charge is 0.376 e. The fraction of sp³-hybridized carbons (Fsp3) is 0.350. The average molecular weight is 440 g/mol. The molecule has 1 saturated heterocycles. The molecule has 162 valence electrons. The molecule has 10 heteroatoms. The molecule has 2 aromatic rings. The van der Waals surface area contributed by atoms with E-state index >= 15 is 0 Å². The van der Waals surface area contributed by atoms with Gasteiger partial charge in [0, 0.05) is 18.0 Å². The zero-order valence-corrected chi connectivity index (χ0v) is 17.0. The molecule has 0 spiro atoms. The molecule has 0 bridgehead atoms. The minimum absolute atomic E-state index is 0.0159. The third-order valence-electron chi connectivity index (χ3n) is 4.53. The Hall–Kier alpha value is -2.56. The monoisotopic (exact) mass is 440 g/mol. The number of sulfonamides is 1. The third-order valence-corrected chi connectivity index (χ3v) is 5.91. The summed E-state index contributed by atoms with van der Waals surface area (Å²) in [5.41, 5.74) is 0.642. The second kappa shape index (κ2) is 9.50. The van der Waals surface area contributed by atoms with Crippen LogP contribution >= 0.6 is 0 Å². The minimum Gasteiger partial charge on any atom is -0.376 e.